The highest BCUT2D eigenvalue weighted by Crippen LogP contribution is 2.46. The predicted octanol–water partition coefficient (Wildman–Crippen LogP) is 2.50. The van der Waals surface area contributed by atoms with Gasteiger partial charge in [-0.1, -0.05) is 6.07 Å². The van der Waals surface area contributed by atoms with Gasteiger partial charge in [0.05, 0.1) is 0 Å². The number of rotatable bonds is 2. The van der Waals surface area contributed by atoms with Gasteiger partial charge >= 0.3 is 0 Å². The van der Waals surface area contributed by atoms with Gasteiger partial charge in [-0.15, -0.1) is 0 Å². The Morgan fingerprint density at radius 2 is 1.67 bits per heavy atom. The van der Waals surface area contributed by atoms with Crippen LogP contribution in [0.15, 0.2) is 18.2 Å². The molecule has 0 aromatic heterocycles. The predicted molar refractivity (Wildman–Crippen MR) is 63.9 cm³/mol. The van der Waals surface area contributed by atoms with Crippen molar-refractivity contribution in [3.63, 3.8) is 0 Å². The van der Waals surface area contributed by atoms with Crippen LogP contribution >= 0.6 is 0 Å². The third kappa shape index (κ3) is 2.27. The highest BCUT2D eigenvalue weighted by Gasteiger charge is 2.43. The molecule has 0 heterocycles. The zero-order chi connectivity index (χ0) is 13.4. The Morgan fingerprint density at radius 1 is 1.06 bits per heavy atom. The maximum atomic E-state index is 13.2. The standard InChI is InChI=1S/C13H17F2NO2/c14-13(15)5-3-12(8-16,4-6-13)9-1-2-10(17)11(18)7-9/h1-2,7,17-18H,3-6,8,16H2. The Kier molecular flexibility index (Phi) is 3.19. The molecule has 0 amide bonds. The number of aromatic hydroxyl groups is 2. The van der Waals surface area contributed by atoms with E-state index >= 15 is 0 Å². The van der Waals surface area contributed by atoms with Crippen LogP contribution in [0.1, 0.15) is 31.2 Å². The van der Waals surface area contributed by atoms with Gasteiger partial charge in [0.2, 0.25) is 5.92 Å². The van der Waals surface area contributed by atoms with Crippen molar-refractivity contribution in [3.8, 4) is 11.5 Å². The van der Waals surface area contributed by atoms with E-state index in [0.717, 1.165) is 5.56 Å². The first-order valence-corrected chi connectivity index (χ1v) is 5.99. The van der Waals surface area contributed by atoms with E-state index in [-0.39, 0.29) is 30.9 Å². The summed E-state index contributed by atoms with van der Waals surface area (Å²) in [4.78, 5) is 0. The number of halogens is 2. The van der Waals surface area contributed by atoms with Gasteiger partial charge < -0.3 is 15.9 Å². The highest BCUT2D eigenvalue weighted by molar-refractivity contribution is 5.43. The quantitative estimate of drug-likeness (QED) is 0.713. The van der Waals surface area contributed by atoms with E-state index in [9.17, 15) is 19.0 Å². The van der Waals surface area contributed by atoms with Gasteiger partial charge in [0, 0.05) is 24.8 Å². The van der Waals surface area contributed by atoms with Crippen LogP contribution in [0.2, 0.25) is 0 Å². The Balaban J connectivity index is 2.30. The van der Waals surface area contributed by atoms with Crippen LogP contribution in [0.3, 0.4) is 0 Å². The molecule has 1 aromatic rings. The number of phenolic OH excluding ortho intramolecular Hbond substituents is 2. The summed E-state index contributed by atoms with van der Waals surface area (Å²) >= 11 is 0. The average molecular weight is 257 g/mol. The van der Waals surface area contributed by atoms with E-state index in [1.807, 2.05) is 0 Å². The number of phenols is 2. The van der Waals surface area contributed by atoms with Crippen LogP contribution in [0.4, 0.5) is 8.78 Å². The molecule has 1 aliphatic carbocycles. The SMILES string of the molecule is NCC1(c2ccc(O)c(O)c2)CCC(F)(F)CC1. The van der Waals surface area contributed by atoms with E-state index in [2.05, 4.69) is 0 Å². The fraction of sp³-hybridized carbons (Fsp3) is 0.538. The monoisotopic (exact) mass is 257 g/mol. The van der Waals surface area contributed by atoms with E-state index in [0.29, 0.717) is 12.8 Å². The second-order valence-electron chi connectivity index (χ2n) is 5.04. The number of hydrogen-bond acceptors (Lipinski definition) is 3. The maximum absolute atomic E-state index is 13.2. The summed E-state index contributed by atoms with van der Waals surface area (Å²) < 4.78 is 26.4. The van der Waals surface area contributed by atoms with Crippen molar-refractivity contribution < 1.29 is 19.0 Å². The van der Waals surface area contributed by atoms with Crippen molar-refractivity contribution in [1.82, 2.24) is 0 Å². The molecule has 0 bridgehead atoms. The van der Waals surface area contributed by atoms with Crippen LogP contribution in [-0.2, 0) is 5.41 Å². The van der Waals surface area contributed by atoms with Crippen molar-refractivity contribution in [2.45, 2.75) is 37.0 Å². The second-order valence-corrected chi connectivity index (χ2v) is 5.04. The Morgan fingerprint density at radius 3 is 2.17 bits per heavy atom. The van der Waals surface area contributed by atoms with Gasteiger partial charge in [0.1, 0.15) is 0 Å². The lowest BCUT2D eigenvalue weighted by Crippen LogP contribution is -2.42. The lowest BCUT2D eigenvalue weighted by Gasteiger charge is -2.39. The van der Waals surface area contributed by atoms with Gasteiger partial charge in [0.25, 0.3) is 0 Å². The van der Waals surface area contributed by atoms with Crippen LogP contribution in [0.25, 0.3) is 0 Å². The molecule has 1 aliphatic rings. The highest BCUT2D eigenvalue weighted by atomic mass is 19.3. The molecular weight excluding hydrogens is 240 g/mol. The van der Waals surface area contributed by atoms with Crippen molar-refractivity contribution >= 4 is 0 Å². The zero-order valence-corrected chi connectivity index (χ0v) is 10.00. The van der Waals surface area contributed by atoms with E-state index in [1.165, 1.54) is 12.1 Å². The molecule has 0 radical (unpaired) electrons. The third-order valence-electron chi connectivity index (χ3n) is 3.92. The minimum atomic E-state index is -2.61. The average Bonchev–Trinajstić information content (AvgIpc) is 2.34. The van der Waals surface area contributed by atoms with E-state index in [4.69, 9.17) is 5.73 Å². The topological polar surface area (TPSA) is 66.5 Å². The van der Waals surface area contributed by atoms with E-state index < -0.39 is 11.3 Å². The molecule has 0 unspecified atom stereocenters. The number of alkyl halides is 2. The Bertz CT molecular complexity index is 439. The Hall–Kier alpha value is -1.36. The molecule has 2 rings (SSSR count). The molecule has 0 aliphatic heterocycles. The number of benzene rings is 1. The first kappa shape index (κ1) is 13.1. The third-order valence-corrected chi connectivity index (χ3v) is 3.92. The van der Waals surface area contributed by atoms with Crippen LogP contribution in [0.5, 0.6) is 11.5 Å². The maximum Gasteiger partial charge on any atom is 0.248 e. The fourth-order valence-corrected chi connectivity index (χ4v) is 2.56. The van der Waals surface area contributed by atoms with Crippen molar-refractivity contribution in [2.75, 3.05) is 6.54 Å². The van der Waals surface area contributed by atoms with Gasteiger partial charge in [0.15, 0.2) is 11.5 Å². The lowest BCUT2D eigenvalue weighted by atomic mass is 9.68. The fourth-order valence-electron chi connectivity index (χ4n) is 2.56. The molecule has 3 nitrogen and oxygen atoms in total. The van der Waals surface area contributed by atoms with Gasteiger partial charge in [-0.25, -0.2) is 8.78 Å². The molecule has 1 fully saturated rings. The first-order valence-electron chi connectivity index (χ1n) is 5.99. The zero-order valence-electron chi connectivity index (χ0n) is 10.00. The molecule has 4 N–H and O–H groups in total. The molecule has 0 atom stereocenters. The Labute approximate surface area is 104 Å². The van der Waals surface area contributed by atoms with Gasteiger partial charge in [-0.05, 0) is 30.5 Å². The molecule has 1 saturated carbocycles. The first-order chi connectivity index (χ1) is 8.38. The minimum absolute atomic E-state index is 0.189. The normalized spacial score (nSPS) is 21.7. The summed E-state index contributed by atoms with van der Waals surface area (Å²) in [6.07, 6.45) is 0.207. The molecule has 18 heavy (non-hydrogen) atoms. The van der Waals surface area contributed by atoms with Crippen molar-refractivity contribution in [1.29, 1.82) is 0 Å². The molecule has 100 valence electrons. The van der Waals surface area contributed by atoms with Crippen LogP contribution in [-0.4, -0.2) is 22.7 Å². The molecular formula is C13H17F2NO2. The summed E-state index contributed by atoms with van der Waals surface area (Å²) in [5.74, 6) is -3.07. The molecule has 0 saturated heterocycles. The summed E-state index contributed by atoms with van der Waals surface area (Å²) in [7, 11) is 0. The number of hydrogen-bond donors (Lipinski definition) is 3. The summed E-state index contributed by atoms with van der Waals surface area (Å²) in [6.45, 7) is 0.257. The van der Waals surface area contributed by atoms with Crippen LogP contribution < -0.4 is 5.73 Å². The van der Waals surface area contributed by atoms with Crippen molar-refractivity contribution in [2.24, 2.45) is 5.73 Å². The summed E-state index contributed by atoms with van der Waals surface area (Å²) in [5, 5.41) is 18.8. The largest absolute Gasteiger partial charge is 0.504 e. The molecule has 0 spiro atoms. The summed E-state index contributed by atoms with van der Waals surface area (Å²) in [5.41, 5.74) is 5.96. The summed E-state index contributed by atoms with van der Waals surface area (Å²) in [6, 6.07) is 4.44. The smallest absolute Gasteiger partial charge is 0.248 e. The van der Waals surface area contributed by atoms with Crippen molar-refractivity contribution in [3.05, 3.63) is 23.8 Å². The second kappa shape index (κ2) is 4.39. The van der Waals surface area contributed by atoms with Crippen LogP contribution in [0, 0.1) is 0 Å². The van der Waals surface area contributed by atoms with Gasteiger partial charge in [-0.3, -0.25) is 0 Å². The minimum Gasteiger partial charge on any atom is -0.504 e. The van der Waals surface area contributed by atoms with Gasteiger partial charge in [-0.2, -0.15) is 0 Å². The van der Waals surface area contributed by atoms with E-state index in [1.54, 1.807) is 6.07 Å². The molecule has 1 aromatic carbocycles. The lowest BCUT2D eigenvalue weighted by molar-refractivity contribution is -0.0509. The molecule has 5 heteroatoms. The number of nitrogens with two attached hydrogens (primary N) is 1.